The molecule has 0 saturated carbocycles. The van der Waals surface area contributed by atoms with Crippen LogP contribution >= 0.6 is 0 Å². The first-order chi connectivity index (χ1) is 17.9. The van der Waals surface area contributed by atoms with E-state index in [9.17, 15) is 0 Å². The molecule has 4 heteroatoms. The molecule has 0 spiro atoms. The molecule has 3 nitrogen and oxygen atoms in total. The van der Waals surface area contributed by atoms with Crippen molar-refractivity contribution in [1.82, 2.24) is 0 Å². The van der Waals surface area contributed by atoms with Gasteiger partial charge in [-0.3, -0.25) is 0 Å². The van der Waals surface area contributed by atoms with Gasteiger partial charge < -0.3 is 0 Å². The predicted molar refractivity (Wildman–Crippen MR) is 161 cm³/mol. The normalized spacial score (nSPS) is 11.6. The van der Waals surface area contributed by atoms with Crippen molar-refractivity contribution in [2.45, 2.75) is 86.3 Å². The molecule has 0 fully saturated rings. The molecule has 3 aromatic rings. The summed E-state index contributed by atoms with van der Waals surface area (Å²) >= 11 is -0.499. The third kappa shape index (κ3) is 10.4. The molecule has 0 unspecified atom stereocenters. The van der Waals surface area contributed by atoms with Gasteiger partial charge in [-0.1, -0.05) is 19.9 Å². The van der Waals surface area contributed by atoms with Gasteiger partial charge in [-0.2, -0.15) is 0 Å². The minimum atomic E-state index is -0.499. The fourth-order valence-corrected chi connectivity index (χ4v) is 5.63. The number of ether oxygens (including phenoxy) is 2. The average Bonchev–Trinajstić information content (AvgIpc) is 2.75. The number of benzene rings is 3. The Bertz CT molecular complexity index is 1180. The van der Waals surface area contributed by atoms with Crippen LogP contribution in [0.2, 0.25) is 4.75 Å². The van der Waals surface area contributed by atoms with Crippen molar-refractivity contribution in [3.8, 4) is 28.7 Å². The third-order valence-corrected chi connectivity index (χ3v) is 7.54. The quantitative estimate of drug-likeness (QED) is 0.190. The minimum absolute atomic E-state index is 0.499. The Morgan fingerprint density at radius 3 is 1.29 bits per heavy atom. The van der Waals surface area contributed by atoms with Gasteiger partial charge in [0.2, 0.25) is 0 Å². The molecule has 0 aliphatic heterocycles. The van der Waals surface area contributed by atoms with Crippen molar-refractivity contribution in [1.29, 1.82) is 0 Å². The maximum atomic E-state index is 6.50. The van der Waals surface area contributed by atoms with Crippen molar-refractivity contribution >= 4 is 15.8 Å². The first-order valence-corrected chi connectivity index (χ1v) is 16.2. The standard InChI is InChI=1S/C34H46GeO3/c1-22(2)10-27-13-26(9)14-30(15-27)36-31-16-28(11-23(3)4)17-32(20-31)37-33-18-29(12-24(5)6)19-34(21-33)38-35-25(7)8/h13-25H,10-12H2,1-9H3. The first kappa shape index (κ1) is 30.1. The zero-order valence-corrected chi connectivity index (χ0v) is 26.9. The molecule has 0 aliphatic carbocycles. The summed E-state index contributed by atoms with van der Waals surface area (Å²) in [6, 6.07) is 19.2. The van der Waals surface area contributed by atoms with Crippen LogP contribution in [-0.2, 0) is 19.3 Å². The summed E-state index contributed by atoms with van der Waals surface area (Å²) in [4.78, 5) is 0. The zero-order valence-electron chi connectivity index (χ0n) is 24.9. The molecule has 0 atom stereocenters. The van der Waals surface area contributed by atoms with E-state index in [2.05, 4.69) is 105 Å². The Balaban J connectivity index is 1.93. The molecular weight excluding hydrogens is 529 g/mol. The van der Waals surface area contributed by atoms with Crippen LogP contribution in [0.3, 0.4) is 0 Å². The summed E-state index contributed by atoms with van der Waals surface area (Å²) in [5.41, 5.74) is 4.98. The summed E-state index contributed by atoms with van der Waals surface area (Å²) in [6.45, 7) is 20.0. The Labute approximate surface area is 238 Å². The van der Waals surface area contributed by atoms with Crippen LogP contribution in [0.4, 0.5) is 0 Å². The second-order valence-corrected chi connectivity index (χ2v) is 15.5. The van der Waals surface area contributed by atoms with E-state index in [1.165, 1.54) is 22.3 Å². The van der Waals surface area contributed by atoms with Gasteiger partial charge in [0.1, 0.15) is 0 Å². The van der Waals surface area contributed by atoms with E-state index in [4.69, 9.17) is 13.2 Å². The second-order valence-electron chi connectivity index (χ2n) is 12.2. The number of hydrogen-bond donors (Lipinski definition) is 0. The molecule has 204 valence electrons. The number of hydrogen-bond acceptors (Lipinski definition) is 3. The molecular formula is C34H46GeO3. The van der Waals surface area contributed by atoms with Gasteiger partial charge in [0, 0.05) is 0 Å². The van der Waals surface area contributed by atoms with E-state index in [1.54, 1.807) is 0 Å². The molecule has 0 bridgehead atoms. The van der Waals surface area contributed by atoms with Gasteiger partial charge in [-0.05, 0) is 19.3 Å². The topological polar surface area (TPSA) is 27.7 Å². The van der Waals surface area contributed by atoms with Crippen LogP contribution in [0.15, 0.2) is 54.6 Å². The van der Waals surface area contributed by atoms with Crippen molar-refractivity contribution in [3.63, 3.8) is 0 Å². The molecule has 0 N–H and O–H groups in total. The first-order valence-electron chi connectivity index (χ1n) is 14.1. The Hall–Kier alpha value is -2.40. The van der Waals surface area contributed by atoms with Gasteiger partial charge in [-0.25, -0.2) is 0 Å². The molecule has 0 amide bonds. The molecule has 38 heavy (non-hydrogen) atoms. The molecule has 3 rings (SSSR count). The van der Waals surface area contributed by atoms with Crippen LogP contribution in [0, 0.1) is 24.7 Å². The van der Waals surface area contributed by atoms with E-state index < -0.39 is 15.8 Å². The van der Waals surface area contributed by atoms with E-state index in [-0.39, 0.29) is 0 Å². The summed E-state index contributed by atoms with van der Waals surface area (Å²) in [6.07, 6.45) is 2.99. The predicted octanol–water partition coefficient (Wildman–Crippen LogP) is 10.0. The van der Waals surface area contributed by atoms with Gasteiger partial charge in [-0.15, -0.1) is 0 Å². The van der Waals surface area contributed by atoms with Crippen LogP contribution in [0.25, 0.3) is 0 Å². The molecule has 0 heterocycles. The molecule has 2 radical (unpaired) electrons. The van der Waals surface area contributed by atoms with E-state index in [1.807, 2.05) is 12.1 Å². The van der Waals surface area contributed by atoms with Crippen molar-refractivity contribution in [2.24, 2.45) is 17.8 Å². The average molecular weight is 575 g/mol. The van der Waals surface area contributed by atoms with Gasteiger partial charge in [0.15, 0.2) is 0 Å². The van der Waals surface area contributed by atoms with Crippen molar-refractivity contribution in [3.05, 3.63) is 76.9 Å². The van der Waals surface area contributed by atoms with E-state index >= 15 is 0 Å². The second kappa shape index (κ2) is 14.1. The SMILES string of the molecule is Cc1cc(CC(C)C)cc(Oc2cc(CC(C)C)cc(Oc3cc(CC(C)C)cc([O][Ge][CH](C)C)c3)c2)c1. The van der Waals surface area contributed by atoms with E-state index in [0.717, 1.165) is 48.0 Å². The van der Waals surface area contributed by atoms with Crippen LogP contribution < -0.4 is 13.2 Å². The van der Waals surface area contributed by atoms with E-state index in [0.29, 0.717) is 22.5 Å². The fourth-order valence-electron chi connectivity index (χ4n) is 4.61. The van der Waals surface area contributed by atoms with Crippen LogP contribution in [0.1, 0.15) is 77.6 Å². The maximum absolute atomic E-state index is 6.50. The summed E-state index contributed by atoms with van der Waals surface area (Å²) < 4.78 is 19.8. The van der Waals surface area contributed by atoms with Crippen LogP contribution in [0.5, 0.6) is 28.7 Å². The summed E-state index contributed by atoms with van der Waals surface area (Å²) in [5, 5.41) is 0. The van der Waals surface area contributed by atoms with Crippen molar-refractivity contribution < 1.29 is 13.2 Å². The Morgan fingerprint density at radius 1 is 0.500 bits per heavy atom. The number of aryl methyl sites for hydroxylation is 1. The zero-order chi connectivity index (χ0) is 27.8. The third-order valence-electron chi connectivity index (χ3n) is 5.81. The molecule has 0 aliphatic rings. The molecule has 0 aromatic heterocycles. The van der Waals surface area contributed by atoms with Gasteiger partial charge in [0.25, 0.3) is 0 Å². The monoisotopic (exact) mass is 576 g/mol. The van der Waals surface area contributed by atoms with Crippen molar-refractivity contribution in [2.75, 3.05) is 0 Å². The fraction of sp³-hybridized carbons (Fsp3) is 0.471. The van der Waals surface area contributed by atoms with Gasteiger partial charge in [0.05, 0.1) is 0 Å². The summed E-state index contributed by atoms with van der Waals surface area (Å²) in [5.74, 6) is 5.90. The Kier molecular flexibility index (Phi) is 11.2. The molecule has 3 aromatic carbocycles. The van der Waals surface area contributed by atoms with Gasteiger partial charge >= 0.3 is 200 Å². The Morgan fingerprint density at radius 2 is 0.868 bits per heavy atom. The van der Waals surface area contributed by atoms with Crippen LogP contribution in [-0.4, -0.2) is 15.8 Å². The molecule has 0 saturated heterocycles. The summed E-state index contributed by atoms with van der Waals surface area (Å²) in [7, 11) is 0. The number of rotatable bonds is 13.